The lowest BCUT2D eigenvalue weighted by Crippen LogP contribution is -2.51. The van der Waals surface area contributed by atoms with Gasteiger partial charge in [0.15, 0.2) is 0 Å². The summed E-state index contributed by atoms with van der Waals surface area (Å²) >= 11 is 0. The number of nitrogens with one attached hydrogen (secondary N) is 1. The van der Waals surface area contributed by atoms with E-state index in [1.165, 1.54) is 4.90 Å². The summed E-state index contributed by atoms with van der Waals surface area (Å²) in [6.45, 7) is 1.86. The number of carboxylic acid groups (broad SMARTS) is 1. The number of alkyl halides is 3. The zero-order valence-corrected chi connectivity index (χ0v) is 11.2. The van der Waals surface area contributed by atoms with Crippen LogP contribution >= 0.6 is 0 Å². The van der Waals surface area contributed by atoms with Gasteiger partial charge in [-0.1, -0.05) is 0 Å². The molecule has 0 bridgehead atoms. The summed E-state index contributed by atoms with van der Waals surface area (Å²) in [5.41, 5.74) is 0. The Hall–Kier alpha value is -1.47. The van der Waals surface area contributed by atoms with Crippen LogP contribution in [0.2, 0.25) is 0 Å². The minimum Gasteiger partial charge on any atom is -0.481 e. The fourth-order valence-corrected chi connectivity index (χ4v) is 2.31. The van der Waals surface area contributed by atoms with Gasteiger partial charge in [-0.2, -0.15) is 13.2 Å². The monoisotopic (exact) mass is 296 g/mol. The Morgan fingerprint density at radius 3 is 2.55 bits per heavy atom. The molecule has 0 radical (unpaired) electrons. The molecular weight excluding hydrogens is 277 g/mol. The summed E-state index contributed by atoms with van der Waals surface area (Å²) in [4.78, 5) is 23.5. The molecule has 1 saturated heterocycles. The number of rotatable bonds is 4. The largest absolute Gasteiger partial charge is 0.481 e. The van der Waals surface area contributed by atoms with Crippen LogP contribution in [0, 0.1) is 5.92 Å². The smallest absolute Gasteiger partial charge is 0.391 e. The van der Waals surface area contributed by atoms with Gasteiger partial charge in [0, 0.05) is 25.6 Å². The highest BCUT2D eigenvalue weighted by Gasteiger charge is 2.44. The van der Waals surface area contributed by atoms with Crippen molar-refractivity contribution in [1.29, 1.82) is 0 Å². The van der Waals surface area contributed by atoms with E-state index in [2.05, 4.69) is 5.32 Å². The van der Waals surface area contributed by atoms with Crippen LogP contribution in [0.4, 0.5) is 18.0 Å². The number of likely N-dealkylation sites (tertiary alicyclic amines) is 1. The van der Waals surface area contributed by atoms with Crippen molar-refractivity contribution in [3.63, 3.8) is 0 Å². The Morgan fingerprint density at radius 1 is 1.40 bits per heavy atom. The van der Waals surface area contributed by atoms with E-state index in [0.717, 1.165) is 0 Å². The molecule has 1 rings (SSSR count). The predicted molar refractivity (Wildman–Crippen MR) is 65.2 cm³/mol. The van der Waals surface area contributed by atoms with Crippen molar-refractivity contribution in [2.24, 2.45) is 5.92 Å². The van der Waals surface area contributed by atoms with E-state index in [0.29, 0.717) is 6.42 Å². The van der Waals surface area contributed by atoms with Gasteiger partial charge in [-0.05, 0) is 26.2 Å². The highest BCUT2D eigenvalue weighted by Crippen LogP contribution is 2.36. The van der Waals surface area contributed by atoms with Gasteiger partial charge in [0.1, 0.15) is 0 Å². The second kappa shape index (κ2) is 6.81. The van der Waals surface area contributed by atoms with Gasteiger partial charge in [-0.25, -0.2) is 4.79 Å². The number of piperidine rings is 1. The van der Waals surface area contributed by atoms with Crippen LogP contribution in [0.15, 0.2) is 0 Å². The van der Waals surface area contributed by atoms with Crippen LogP contribution in [-0.4, -0.2) is 47.3 Å². The molecule has 116 valence electrons. The zero-order valence-electron chi connectivity index (χ0n) is 11.2. The highest BCUT2D eigenvalue weighted by molar-refractivity contribution is 5.74. The van der Waals surface area contributed by atoms with E-state index in [9.17, 15) is 22.8 Å². The second-order valence-corrected chi connectivity index (χ2v) is 5.03. The first-order chi connectivity index (χ1) is 9.21. The van der Waals surface area contributed by atoms with E-state index in [4.69, 9.17) is 5.11 Å². The molecule has 0 aromatic carbocycles. The van der Waals surface area contributed by atoms with Gasteiger partial charge in [-0.15, -0.1) is 0 Å². The Bertz CT molecular complexity index is 360. The first-order valence-corrected chi connectivity index (χ1v) is 6.54. The quantitative estimate of drug-likeness (QED) is 0.782. The molecule has 1 heterocycles. The number of nitrogens with zero attached hydrogens (tertiary/aromatic N) is 1. The van der Waals surface area contributed by atoms with Gasteiger partial charge in [0.2, 0.25) is 0 Å². The number of hydrogen-bond donors (Lipinski definition) is 2. The molecule has 0 saturated carbocycles. The Labute approximate surface area is 115 Å². The number of amides is 2. The maximum Gasteiger partial charge on any atom is 0.391 e. The predicted octanol–water partition coefficient (Wildman–Crippen LogP) is 2.22. The topological polar surface area (TPSA) is 69.6 Å². The average molecular weight is 296 g/mol. The summed E-state index contributed by atoms with van der Waals surface area (Å²) < 4.78 is 37.8. The van der Waals surface area contributed by atoms with Gasteiger partial charge in [-0.3, -0.25) is 4.79 Å². The van der Waals surface area contributed by atoms with Crippen molar-refractivity contribution < 1.29 is 27.9 Å². The van der Waals surface area contributed by atoms with Crippen LogP contribution in [0.5, 0.6) is 0 Å². The number of aliphatic carboxylic acids is 1. The number of urea groups is 1. The molecule has 20 heavy (non-hydrogen) atoms. The molecule has 2 N–H and O–H groups in total. The number of hydrogen-bond acceptors (Lipinski definition) is 2. The van der Waals surface area contributed by atoms with Crippen LogP contribution in [-0.2, 0) is 4.79 Å². The molecule has 1 fully saturated rings. The summed E-state index contributed by atoms with van der Waals surface area (Å²) in [6.07, 6.45) is -4.14. The molecule has 0 aromatic rings. The van der Waals surface area contributed by atoms with Crippen molar-refractivity contribution in [3.8, 4) is 0 Å². The third kappa shape index (κ3) is 4.90. The third-order valence-electron chi connectivity index (χ3n) is 3.44. The molecule has 1 aliphatic rings. The first-order valence-electron chi connectivity index (χ1n) is 6.54. The van der Waals surface area contributed by atoms with Gasteiger partial charge < -0.3 is 15.3 Å². The van der Waals surface area contributed by atoms with Gasteiger partial charge in [0.25, 0.3) is 0 Å². The Kier molecular flexibility index (Phi) is 5.64. The van der Waals surface area contributed by atoms with Crippen LogP contribution in [0.25, 0.3) is 0 Å². The third-order valence-corrected chi connectivity index (χ3v) is 3.44. The molecular formula is C12H19F3N2O3. The summed E-state index contributed by atoms with van der Waals surface area (Å²) in [7, 11) is 0. The maximum absolute atomic E-state index is 12.6. The second-order valence-electron chi connectivity index (χ2n) is 5.03. The molecule has 0 aliphatic carbocycles. The SMILES string of the molecule is CC1CC(C(F)(F)F)CCN1C(=O)NCCCC(=O)O. The molecule has 0 spiro atoms. The minimum atomic E-state index is -4.21. The van der Waals surface area contributed by atoms with Gasteiger partial charge in [0.05, 0.1) is 5.92 Å². The van der Waals surface area contributed by atoms with Gasteiger partial charge >= 0.3 is 18.2 Å². The van der Waals surface area contributed by atoms with E-state index in [1.807, 2.05) is 0 Å². The minimum absolute atomic E-state index is 0.0496. The zero-order chi connectivity index (χ0) is 15.3. The Balaban J connectivity index is 2.37. The van der Waals surface area contributed by atoms with E-state index >= 15 is 0 Å². The van der Waals surface area contributed by atoms with E-state index in [-0.39, 0.29) is 32.4 Å². The van der Waals surface area contributed by atoms with Crippen molar-refractivity contribution in [1.82, 2.24) is 10.2 Å². The van der Waals surface area contributed by atoms with Crippen molar-refractivity contribution in [2.75, 3.05) is 13.1 Å². The lowest BCUT2D eigenvalue weighted by molar-refractivity contribution is -0.187. The standard InChI is InChI=1S/C12H19F3N2O3/c1-8-7-9(12(13,14)15)4-6-17(8)11(20)16-5-2-3-10(18)19/h8-9H,2-7H2,1H3,(H,16,20)(H,18,19). The lowest BCUT2D eigenvalue weighted by Gasteiger charge is -2.38. The molecule has 8 heteroatoms. The average Bonchev–Trinajstić information content (AvgIpc) is 2.32. The molecule has 1 aliphatic heterocycles. The fourth-order valence-electron chi connectivity index (χ4n) is 2.31. The number of carboxylic acids is 1. The Morgan fingerprint density at radius 2 is 2.05 bits per heavy atom. The molecule has 2 unspecified atom stereocenters. The van der Waals surface area contributed by atoms with Crippen molar-refractivity contribution in [2.45, 2.75) is 44.8 Å². The van der Waals surface area contributed by atoms with E-state index < -0.39 is 30.1 Å². The molecule has 5 nitrogen and oxygen atoms in total. The summed E-state index contributed by atoms with van der Waals surface area (Å²) in [6, 6.07) is -0.904. The van der Waals surface area contributed by atoms with E-state index in [1.54, 1.807) is 6.92 Å². The first kappa shape index (κ1) is 16.6. The fraction of sp³-hybridized carbons (Fsp3) is 0.833. The number of carbonyl (C=O) groups excluding carboxylic acids is 1. The van der Waals surface area contributed by atoms with Crippen molar-refractivity contribution in [3.05, 3.63) is 0 Å². The van der Waals surface area contributed by atoms with Crippen LogP contribution in [0.3, 0.4) is 0 Å². The molecule has 2 atom stereocenters. The molecule has 0 aromatic heterocycles. The van der Waals surface area contributed by atoms with Crippen LogP contribution < -0.4 is 5.32 Å². The maximum atomic E-state index is 12.6. The number of carbonyl (C=O) groups is 2. The lowest BCUT2D eigenvalue weighted by atomic mass is 9.91. The molecule has 2 amide bonds. The number of halogens is 3. The highest BCUT2D eigenvalue weighted by atomic mass is 19.4. The van der Waals surface area contributed by atoms with Crippen LogP contribution in [0.1, 0.15) is 32.6 Å². The van der Waals surface area contributed by atoms with Crippen molar-refractivity contribution >= 4 is 12.0 Å². The summed E-state index contributed by atoms with van der Waals surface area (Å²) in [5, 5.41) is 11.0. The normalized spacial score (nSPS) is 23.5. The summed E-state index contributed by atoms with van der Waals surface area (Å²) in [5.74, 6) is -2.30.